The Bertz CT molecular complexity index is 484. The molecule has 20 heavy (non-hydrogen) atoms. The molecule has 4 N–H and O–H groups in total. The topological polar surface area (TPSA) is 107 Å². The van der Waals surface area contributed by atoms with E-state index in [1.807, 2.05) is 6.08 Å². The predicted molar refractivity (Wildman–Crippen MR) is 72.2 cm³/mol. The lowest BCUT2D eigenvalue weighted by atomic mass is 10.0. The minimum absolute atomic E-state index is 0.0709. The van der Waals surface area contributed by atoms with Gasteiger partial charge in [0.2, 0.25) is 0 Å². The molecule has 0 aliphatic heterocycles. The first-order chi connectivity index (χ1) is 9.65. The second kappa shape index (κ2) is 6.74. The van der Waals surface area contributed by atoms with Gasteiger partial charge >= 0.3 is 12.0 Å². The Labute approximate surface area is 116 Å². The molecule has 1 heterocycles. The summed E-state index contributed by atoms with van der Waals surface area (Å²) in [5, 5.41) is 14.4. The number of aliphatic carboxylic acids is 1. The molecule has 0 radical (unpaired) electrons. The average molecular weight is 278 g/mol. The van der Waals surface area contributed by atoms with Crippen molar-refractivity contribution >= 4 is 12.0 Å². The van der Waals surface area contributed by atoms with Crippen molar-refractivity contribution in [1.29, 1.82) is 0 Å². The molecule has 0 fully saturated rings. The minimum atomic E-state index is -1.07. The molecule has 0 bridgehead atoms. The van der Waals surface area contributed by atoms with Crippen molar-refractivity contribution in [1.82, 2.24) is 20.6 Å². The number of nitrogens with one attached hydrogen (secondary N) is 3. The number of rotatable bonds is 5. The fourth-order valence-corrected chi connectivity index (χ4v) is 2.13. The monoisotopic (exact) mass is 278 g/mol. The summed E-state index contributed by atoms with van der Waals surface area (Å²) < 4.78 is 0. The first-order valence-electron chi connectivity index (χ1n) is 6.57. The van der Waals surface area contributed by atoms with E-state index in [0.29, 0.717) is 5.69 Å². The number of carboxylic acid groups (broad SMARTS) is 1. The van der Waals surface area contributed by atoms with Crippen molar-refractivity contribution in [2.45, 2.75) is 37.8 Å². The number of urea groups is 1. The van der Waals surface area contributed by atoms with E-state index in [0.717, 1.165) is 19.3 Å². The highest BCUT2D eigenvalue weighted by Crippen LogP contribution is 2.10. The van der Waals surface area contributed by atoms with Crippen LogP contribution in [0.2, 0.25) is 0 Å². The molecule has 2 amide bonds. The van der Waals surface area contributed by atoms with Gasteiger partial charge in [-0.05, 0) is 19.3 Å². The number of hydrogen-bond donors (Lipinski definition) is 4. The molecular formula is C13H18N4O3. The summed E-state index contributed by atoms with van der Waals surface area (Å²) in [5.41, 5.74) is 0.665. The molecule has 1 aromatic rings. The molecule has 0 aromatic carbocycles. The maximum Gasteiger partial charge on any atom is 0.326 e. The Balaban J connectivity index is 1.85. The molecule has 2 rings (SSSR count). The lowest BCUT2D eigenvalue weighted by molar-refractivity contribution is -0.139. The Hall–Kier alpha value is -2.31. The molecule has 1 aliphatic rings. The number of hydrogen-bond acceptors (Lipinski definition) is 3. The number of aromatic nitrogens is 2. The Morgan fingerprint density at radius 2 is 2.35 bits per heavy atom. The van der Waals surface area contributed by atoms with Gasteiger partial charge < -0.3 is 20.7 Å². The van der Waals surface area contributed by atoms with E-state index in [1.54, 1.807) is 6.20 Å². The maximum absolute atomic E-state index is 11.8. The Kier molecular flexibility index (Phi) is 4.75. The number of carbonyl (C=O) groups is 2. The Morgan fingerprint density at radius 3 is 2.95 bits per heavy atom. The molecule has 108 valence electrons. The number of allylic oxidation sites excluding steroid dienone is 1. The molecule has 0 saturated heterocycles. The molecule has 1 aromatic heterocycles. The molecule has 0 spiro atoms. The predicted octanol–water partition coefficient (Wildman–Crippen LogP) is 0.813. The second-order valence-corrected chi connectivity index (χ2v) is 4.77. The van der Waals surface area contributed by atoms with Crippen molar-refractivity contribution in [3.63, 3.8) is 0 Å². The van der Waals surface area contributed by atoms with Crippen molar-refractivity contribution in [3.8, 4) is 0 Å². The van der Waals surface area contributed by atoms with E-state index in [-0.39, 0.29) is 12.5 Å². The molecule has 1 aliphatic carbocycles. The van der Waals surface area contributed by atoms with Crippen LogP contribution in [-0.4, -0.2) is 39.2 Å². The summed E-state index contributed by atoms with van der Waals surface area (Å²) in [5.74, 6) is -1.07. The van der Waals surface area contributed by atoms with Crippen LogP contribution in [0.1, 0.15) is 25.0 Å². The summed E-state index contributed by atoms with van der Waals surface area (Å²) in [6.07, 6.45) is 9.88. The first-order valence-corrected chi connectivity index (χ1v) is 6.57. The molecule has 2 unspecified atom stereocenters. The molecule has 7 nitrogen and oxygen atoms in total. The zero-order valence-electron chi connectivity index (χ0n) is 11.0. The fraction of sp³-hybridized carbons (Fsp3) is 0.462. The van der Waals surface area contributed by atoms with E-state index >= 15 is 0 Å². The van der Waals surface area contributed by atoms with Crippen LogP contribution >= 0.6 is 0 Å². The zero-order chi connectivity index (χ0) is 14.4. The maximum atomic E-state index is 11.8. The first kappa shape index (κ1) is 14.1. The van der Waals surface area contributed by atoms with Gasteiger partial charge in [-0.2, -0.15) is 0 Å². The number of carbonyl (C=O) groups excluding carboxylic acids is 1. The van der Waals surface area contributed by atoms with Gasteiger partial charge in [0.25, 0.3) is 0 Å². The van der Waals surface area contributed by atoms with Crippen LogP contribution in [0.15, 0.2) is 24.7 Å². The van der Waals surface area contributed by atoms with Gasteiger partial charge in [0.05, 0.1) is 6.33 Å². The highest BCUT2D eigenvalue weighted by Gasteiger charge is 2.22. The third-order valence-corrected chi connectivity index (χ3v) is 3.19. The van der Waals surface area contributed by atoms with Crippen molar-refractivity contribution in [2.24, 2.45) is 0 Å². The van der Waals surface area contributed by atoms with E-state index in [4.69, 9.17) is 5.11 Å². The summed E-state index contributed by atoms with van der Waals surface area (Å²) in [6.45, 7) is 0. The van der Waals surface area contributed by atoms with Gasteiger partial charge in [-0.3, -0.25) is 0 Å². The third kappa shape index (κ3) is 4.11. The number of H-pyrrole nitrogens is 1. The van der Waals surface area contributed by atoms with Gasteiger partial charge in [0.15, 0.2) is 0 Å². The SMILES string of the molecule is O=C(NC1CC=CCC1)NC(Cc1cnc[nH]1)C(=O)O. The molecule has 2 atom stereocenters. The van der Waals surface area contributed by atoms with Crippen LogP contribution in [0, 0.1) is 0 Å². The highest BCUT2D eigenvalue weighted by atomic mass is 16.4. The van der Waals surface area contributed by atoms with E-state index < -0.39 is 18.0 Å². The summed E-state index contributed by atoms with van der Waals surface area (Å²) >= 11 is 0. The van der Waals surface area contributed by atoms with E-state index in [9.17, 15) is 9.59 Å². The van der Waals surface area contributed by atoms with E-state index in [1.165, 1.54) is 6.33 Å². The lowest BCUT2D eigenvalue weighted by Gasteiger charge is -2.21. The van der Waals surface area contributed by atoms with Gasteiger partial charge in [0.1, 0.15) is 6.04 Å². The van der Waals surface area contributed by atoms with Crippen LogP contribution < -0.4 is 10.6 Å². The van der Waals surface area contributed by atoms with Gasteiger partial charge in [-0.1, -0.05) is 12.2 Å². The van der Waals surface area contributed by atoms with Crippen molar-refractivity contribution in [3.05, 3.63) is 30.4 Å². The van der Waals surface area contributed by atoms with Crippen LogP contribution in [0.3, 0.4) is 0 Å². The summed E-state index contributed by atoms with van der Waals surface area (Å²) in [7, 11) is 0. The number of nitrogens with zero attached hydrogens (tertiary/aromatic N) is 1. The number of aromatic amines is 1. The van der Waals surface area contributed by atoms with Crippen LogP contribution in [0.5, 0.6) is 0 Å². The summed E-state index contributed by atoms with van der Waals surface area (Å²) in [4.78, 5) is 29.6. The minimum Gasteiger partial charge on any atom is -0.480 e. The standard InChI is InChI=1S/C13H18N4O3/c18-12(19)11(6-10-7-14-8-15-10)17-13(20)16-9-4-2-1-3-5-9/h1-2,7-9,11H,3-6H2,(H,14,15)(H,18,19)(H2,16,17,20). The van der Waals surface area contributed by atoms with Crippen LogP contribution in [0.25, 0.3) is 0 Å². The number of imidazole rings is 1. The van der Waals surface area contributed by atoms with E-state index in [2.05, 4.69) is 26.7 Å². The van der Waals surface area contributed by atoms with Crippen molar-refractivity contribution < 1.29 is 14.7 Å². The average Bonchev–Trinajstić information content (AvgIpc) is 2.92. The largest absolute Gasteiger partial charge is 0.480 e. The summed E-state index contributed by atoms with van der Waals surface area (Å²) in [6, 6.07) is -1.35. The highest BCUT2D eigenvalue weighted by molar-refractivity contribution is 5.82. The lowest BCUT2D eigenvalue weighted by Crippen LogP contribution is -2.50. The van der Waals surface area contributed by atoms with Gasteiger partial charge in [-0.25, -0.2) is 14.6 Å². The van der Waals surface area contributed by atoms with Gasteiger partial charge in [-0.15, -0.1) is 0 Å². The second-order valence-electron chi connectivity index (χ2n) is 4.77. The van der Waals surface area contributed by atoms with Crippen LogP contribution in [-0.2, 0) is 11.2 Å². The number of carboxylic acids is 1. The fourth-order valence-electron chi connectivity index (χ4n) is 2.13. The van der Waals surface area contributed by atoms with Crippen molar-refractivity contribution in [2.75, 3.05) is 0 Å². The smallest absolute Gasteiger partial charge is 0.326 e. The molecule has 7 heteroatoms. The number of amides is 2. The normalized spacial score (nSPS) is 19.3. The zero-order valence-corrected chi connectivity index (χ0v) is 11.0. The molecule has 0 saturated carbocycles. The van der Waals surface area contributed by atoms with Crippen LogP contribution in [0.4, 0.5) is 4.79 Å². The quantitative estimate of drug-likeness (QED) is 0.598. The Morgan fingerprint density at radius 1 is 1.50 bits per heavy atom. The molecular weight excluding hydrogens is 260 g/mol. The third-order valence-electron chi connectivity index (χ3n) is 3.19. The van der Waals surface area contributed by atoms with Gasteiger partial charge in [0, 0.05) is 24.4 Å².